The number of amides is 2. The van der Waals surface area contributed by atoms with Gasteiger partial charge in [-0.3, -0.25) is 9.59 Å². The molecule has 1 unspecified atom stereocenters. The number of nitrogens with one attached hydrogen (secondary N) is 2. The highest BCUT2D eigenvalue weighted by molar-refractivity contribution is 6.07. The summed E-state index contributed by atoms with van der Waals surface area (Å²) >= 11 is 0. The molecule has 0 radical (unpaired) electrons. The first-order valence-corrected chi connectivity index (χ1v) is 11.7. The van der Waals surface area contributed by atoms with Gasteiger partial charge in [-0.1, -0.05) is 13.8 Å². The van der Waals surface area contributed by atoms with Crippen LogP contribution in [0, 0.1) is 5.92 Å². The second-order valence-corrected chi connectivity index (χ2v) is 10.1. The number of benzene rings is 1. The molecule has 35 heavy (non-hydrogen) atoms. The molecule has 0 spiro atoms. The van der Waals surface area contributed by atoms with Crippen LogP contribution < -0.4 is 20.9 Å². The Hall–Kier alpha value is -3.62. The van der Waals surface area contributed by atoms with E-state index in [4.69, 9.17) is 9.47 Å². The monoisotopic (exact) mass is 482 g/mol. The number of ether oxygens (including phenoxy) is 2. The molecule has 0 aliphatic rings. The molecule has 2 amide bonds. The number of pyridine rings is 2. The summed E-state index contributed by atoms with van der Waals surface area (Å²) in [6.07, 6.45) is 1.71. The van der Waals surface area contributed by atoms with Crippen molar-refractivity contribution in [1.82, 2.24) is 14.9 Å². The zero-order valence-corrected chi connectivity index (χ0v) is 21.4. The van der Waals surface area contributed by atoms with Gasteiger partial charge in [0.15, 0.2) is 0 Å². The predicted molar refractivity (Wildman–Crippen MR) is 137 cm³/mol. The second-order valence-electron chi connectivity index (χ2n) is 10.1. The fourth-order valence-electron chi connectivity index (χ4n) is 3.90. The van der Waals surface area contributed by atoms with E-state index in [1.165, 1.54) is 13.1 Å². The minimum Gasteiger partial charge on any atom is -0.491 e. The molecule has 2 heterocycles. The van der Waals surface area contributed by atoms with E-state index >= 15 is 0 Å². The first-order valence-electron chi connectivity index (χ1n) is 11.7. The maximum absolute atomic E-state index is 12.9. The topological polar surface area (TPSA) is 112 Å². The molecule has 2 N–H and O–H groups in total. The van der Waals surface area contributed by atoms with Gasteiger partial charge in [0.05, 0.1) is 16.9 Å². The molecule has 0 fully saturated rings. The molecule has 0 bridgehead atoms. The minimum absolute atomic E-state index is 0.198. The van der Waals surface area contributed by atoms with E-state index in [1.54, 1.807) is 23.7 Å². The molecule has 0 saturated heterocycles. The molecule has 2 aromatic heterocycles. The molecule has 3 rings (SSSR count). The number of aromatic nitrogens is 2. The highest BCUT2D eigenvalue weighted by Crippen LogP contribution is 2.27. The van der Waals surface area contributed by atoms with Crippen LogP contribution in [0.2, 0.25) is 0 Å². The van der Waals surface area contributed by atoms with E-state index in [2.05, 4.69) is 29.5 Å². The van der Waals surface area contributed by atoms with Crippen molar-refractivity contribution >= 4 is 39.5 Å². The molecule has 188 valence electrons. The summed E-state index contributed by atoms with van der Waals surface area (Å²) in [6.45, 7) is 11.3. The van der Waals surface area contributed by atoms with Crippen LogP contribution in [0.25, 0.3) is 21.7 Å². The number of carbonyl (C=O) groups excluding carboxylic acids is 2. The smallest absolute Gasteiger partial charge is 0.407 e. The molecule has 9 nitrogen and oxygen atoms in total. The summed E-state index contributed by atoms with van der Waals surface area (Å²) in [5, 5.41) is 7.53. The van der Waals surface area contributed by atoms with Crippen LogP contribution in [0.5, 0.6) is 5.75 Å². The Bertz CT molecular complexity index is 1310. The van der Waals surface area contributed by atoms with Gasteiger partial charge in [-0.05, 0) is 51.3 Å². The van der Waals surface area contributed by atoms with Crippen molar-refractivity contribution in [2.24, 2.45) is 13.0 Å². The average Bonchev–Trinajstić information content (AvgIpc) is 2.73. The SMILES string of the molecule is CC(=O)Nc1cc2c(cn1)c(=O)n(C)c1cc(OCC(CC(C)C)NC(=O)OC(C)(C)C)ccc21. The maximum Gasteiger partial charge on any atom is 0.407 e. The van der Waals surface area contributed by atoms with Crippen molar-refractivity contribution in [2.45, 2.75) is 59.6 Å². The van der Waals surface area contributed by atoms with Crippen LogP contribution in [0.1, 0.15) is 48.0 Å². The molecule has 0 saturated carbocycles. The number of fused-ring (bicyclic) bond motifs is 3. The van der Waals surface area contributed by atoms with Crippen LogP contribution in [-0.4, -0.2) is 39.8 Å². The lowest BCUT2D eigenvalue weighted by Gasteiger charge is -2.25. The number of nitrogens with zero attached hydrogens (tertiary/aromatic N) is 2. The number of anilines is 1. The third-order valence-corrected chi connectivity index (χ3v) is 5.29. The van der Waals surface area contributed by atoms with Gasteiger partial charge < -0.3 is 24.7 Å². The normalized spacial score (nSPS) is 12.6. The van der Waals surface area contributed by atoms with E-state index < -0.39 is 11.7 Å². The van der Waals surface area contributed by atoms with Gasteiger partial charge in [-0.2, -0.15) is 0 Å². The molecule has 0 aliphatic heterocycles. The van der Waals surface area contributed by atoms with E-state index in [9.17, 15) is 14.4 Å². The summed E-state index contributed by atoms with van der Waals surface area (Å²) in [5.41, 5.74) is -0.106. The fraction of sp³-hybridized carbons (Fsp3) is 0.462. The summed E-state index contributed by atoms with van der Waals surface area (Å²) in [5.74, 6) is 1.05. The lowest BCUT2D eigenvalue weighted by atomic mass is 10.0. The lowest BCUT2D eigenvalue weighted by molar-refractivity contribution is -0.114. The molecule has 1 atom stereocenters. The van der Waals surface area contributed by atoms with Gasteiger partial charge in [0.25, 0.3) is 5.56 Å². The van der Waals surface area contributed by atoms with E-state index in [1.807, 2.05) is 32.9 Å². The largest absolute Gasteiger partial charge is 0.491 e. The third-order valence-electron chi connectivity index (χ3n) is 5.29. The highest BCUT2D eigenvalue weighted by Gasteiger charge is 2.21. The first kappa shape index (κ1) is 26.0. The Morgan fingerprint density at radius 1 is 1.11 bits per heavy atom. The summed E-state index contributed by atoms with van der Waals surface area (Å²) in [6, 6.07) is 6.96. The Kier molecular flexibility index (Phi) is 7.67. The molecule has 1 aromatic carbocycles. The Balaban J connectivity index is 1.89. The van der Waals surface area contributed by atoms with Gasteiger partial charge >= 0.3 is 6.09 Å². The van der Waals surface area contributed by atoms with Crippen molar-refractivity contribution in [2.75, 3.05) is 11.9 Å². The first-order chi connectivity index (χ1) is 16.3. The molecule has 9 heteroatoms. The number of aryl methyl sites for hydroxylation is 1. The van der Waals surface area contributed by atoms with Crippen LogP contribution in [0.4, 0.5) is 10.6 Å². The molecule has 0 aliphatic carbocycles. The number of hydrogen-bond donors (Lipinski definition) is 2. The predicted octanol–water partition coefficient (Wildman–Crippen LogP) is 4.36. The number of hydrogen-bond acceptors (Lipinski definition) is 6. The highest BCUT2D eigenvalue weighted by atomic mass is 16.6. The van der Waals surface area contributed by atoms with Crippen molar-refractivity contribution in [3.63, 3.8) is 0 Å². The Morgan fingerprint density at radius 2 is 1.83 bits per heavy atom. The van der Waals surface area contributed by atoms with Crippen molar-refractivity contribution in [3.8, 4) is 5.75 Å². The van der Waals surface area contributed by atoms with Crippen LogP contribution >= 0.6 is 0 Å². The Labute approximate surface area is 204 Å². The van der Waals surface area contributed by atoms with Gasteiger partial charge in [-0.15, -0.1) is 0 Å². The van der Waals surface area contributed by atoms with Gasteiger partial charge in [0.2, 0.25) is 5.91 Å². The van der Waals surface area contributed by atoms with E-state index in [-0.39, 0.29) is 24.1 Å². The van der Waals surface area contributed by atoms with Gasteiger partial charge in [-0.25, -0.2) is 9.78 Å². The van der Waals surface area contributed by atoms with E-state index in [0.717, 1.165) is 11.8 Å². The quantitative estimate of drug-likeness (QED) is 0.484. The second kappa shape index (κ2) is 10.3. The van der Waals surface area contributed by atoms with Crippen LogP contribution in [0.15, 0.2) is 35.3 Å². The Morgan fingerprint density at radius 3 is 2.46 bits per heavy atom. The number of carbonyl (C=O) groups is 2. The molecular formula is C26H34N4O5. The minimum atomic E-state index is -0.589. The van der Waals surface area contributed by atoms with Crippen LogP contribution in [0.3, 0.4) is 0 Å². The van der Waals surface area contributed by atoms with Crippen molar-refractivity contribution in [3.05, 3.63) is 40.8 Å². The molecule has 3 aromatic rings. The summed E-state index contributed by atoms with van der Waals surface area (Å²) in [7, 11) is 1.70. The standard InChI is InChI=1S/C26H34N4O5/c1-15(2)10-17(29-25(33)35-26(4,5)6)14-34-18-8-9-19-20-12-23(28-16(3)31)27-13-21(20)24(32)30(7)22(19)11-18/h8-9,11-13,15,17H,10,14H2,1-7H3,(H,29,33)(H,27,28,31). The number of rotatable bonds is 7. The average molecular weight is 483 g/mol. The van der Waals surface area contributed by atoms with Gasteiger partial charge in [0.1, 0.15) is 23.8 Å². The zero-order valence-electron chi connectivity index (χ0n) is 21.4. The molecular weight excluding hydrogens is 448 g/mol. The van der Waals surface area contributed by atoms with E-state index in [0.29, 0.717) is 33.8 Å². The van der Waals surface area contributed by atoms with Crippen molar-refractivity contribution in [1.29, 1.82) is 0 Å². The van der Waals surface area contributed by atoms with Crippen LogP contribution in [-0.2, 0) is 16.6 Å². The maximum atomic E-state index is 12.9. The summed E-state index contributed by atoms with van der Waals surface area (Å²) < 4.78 is 13.0. The number of alkyl carbamates (subject to hydrolysis) is 1. The lowest BCUT2D eigenvalue weighted by Crippen LogP contribution is -2.42. The van der Waals surface area contributed by atoms with Gasteiger partial charge in [0, 0.05) is 37.0 Å². The fourth-order valence-corrected chi connectivity index (χ4v) is 3.90. The van der Waals surface area contributed by atoms with Crippen molar-refractivity contribution < 1.29 is 19.1 Å². The third kappa shape index (κ3) is 6.71. The summed E-state index contributed by atoms with van der Waals surface area (Å²) in [4.78, 5) is 40.8. The zero-order chi connectivity index (χ0) is 25.9.